The zero-order chi connectivity index (χ0) is 29.0. The Kier molecular flexibility index (Phi) is 9.12. The zero-order valence-electron chi connectivity index (χ0n) is 23.4. The van der Waals surface area contributed by atoms with Gasteiger partial charge in [-0.15, -0.1) is 5.10 Å². The molecule has 2 aliphatic rings. The summed E-state index contributed by atoms with van der Waals surface area (Å²) in [7, 11) is -3.73. The molecule has 1 atom stereocenters. The van der Waals surface area contributed by atoms with Gasteiger partial charge in [0.25, 0.3) is 0 Å². The number of amides is 1. The minimum absolute atomic E-state index is 0.0704. The molecule has 0 radical (unpaired) electrons. The van der Waals surface area contributed by atoms with Gasteiger partial charge >= 0.3 is 0 Å². The number of sulfonamides is 1. The normalized spacial score (nSPS) is 20.4. The maximum absolute atomic E-state index is 13.8. The quantitative estimate of drug-likeness (QED) is 0.379. The highest BCUT2D eigenvalue weighted by atomic mass is 32.2. The fourth-order valence-corrected chi connectivity index (χ4v) is 6.90. The molecular formula is C29H36FN5O5S. The van der Waals surface area contributed by atoms with Crippen LogP contribution in [0.2, 0.25) is 0 Å². The summed E-state index contributed by atoms with van der Waals surface area (Å²) < 4.78 is 54.5. The van der Waals surface area contributed by atoms with Gasteiger partial charge in [-0.3, -0.25) is 9.48 Å². The first-order valence-corrected chi connectivity index (χ1v) is 15.6. The van der Waals surface area contributed by atoms with Crippen molar-refractivity contribution < 1.29 is 27.1 Å². The summed E-state index contributed by atoms with van der Waals surface area (Å²) in [6, 6.07) is 12.8. The molecule has 1 unspecified atom stereocenters. The first-order chi connectivity index (χ1) is 19.7. The predicted octanol–water partition coefficient (Wildman–Crippen LogP) is 3.44. The number of aryl methyl sites for hydroxylation is 1. The van der Waals surface area contributed by atoms with Gasteiger partial charge < -0.3 is 14.4 Å². The molecule has 41 heavy (non-hydrogen) atoms. The molecule has 0 N–H and O–H groups in total. The molecule has 220 valence electrons. The Morgan fingerprint density at radius 2 is 1.66 bits per heavy atom. The highest BCUT2D eigenvalue weighted by Gasteiger charge is 2.42. The average Bonchev–Trinajstić information content (AvgIpc) is 3.39. The van der Waals surface area contributed by atoms with Crippen LogP contribution >= 0.6 is 0 Å². The number of ether oxygens (including phenoxy) is 2. The molecule has 1 amide bonds. The molecule has 5 rings (SSSR count). The van der Waals surface area contributed by atoms with E-state index in [2.05, 4.69) is 10.3 Å². The van der Waals surface area contributed by atoms with Crippen molar-refractivity contribution in [3.8, 4) is 11.1 Å². The van der Waals surface area contributed by atoms with E-state index in [1.807, 2.05) is 38.1 Å². The van der Waals surface area contributed by atoms with Gasteiger partial charge in [-0.2, -0.15) is 4.31 Å². The second-order valence-corrected chi connectivity index (χ2v) is 12.8. The Hall–Kier alpha value is -3.19. The smallest absolute Gasteiger partial charge is 0.241 e. The lowest BCUT2D eigenvalue weighted by Crippen LogP contribution is -2.49. The SMILES string of the molecule is CC(C)C1C(=O)N(Cc2cn(CCC3OCCCO3)nn2)CCS(=O)(=O)N1Cc1ccc(-c2ccc(F)cc2)cc1. The number of halogens is 1. The fourth-order valence-electron chi connectivity index (χ4n) is 5.19. The van der Waals surface area contributed by atoms with E-state index in [1.165, 1.54) is 16.4 Å². The topological polar surface area (TPSA) is 107 Å². The highest BCUT2D eigenvalue weighted by Crippen LogP contribution is 2.27. The van der Waals surface area contributed by atoms with Crippen molar-refractivity contribution in [2.45, 2.75) is 58.7 Å². The third-order valence-electron chi connectivity index (χ3n) is 7.38. The lowest BCUT2D eigenvalue weighted by atomic mass is 10.0. The van der Waals surface area contributed by atoms with E-state index < -0.39 is 16.1 Å². The van der Waals surface area contributed by atoms with E-state index in [0.717, 1.165) is 23.1 Å². The van der Waals surface area contributed by atoms with Crippen molar-refractivity contribution in [2.75, 3.05) is 25.5 Å². The lowest BCUT2D eigenvalue weighted by molar-refractivity contribution is -0.182. The van der Waals surface area contributed by atoms with Gasteiger partial charge in [0.05, 0.1) is 31.7 Å². The van der Waals surface area contributed by atoms with Gasteiger partial charge in [-0.1, -0.05) is 55.5 Å². The molecule has 3 aromatic rings. The highest BCUT2D eigenvalue weighted by molar-refractivity contribution is 7.89. The number of hydrogen-bond acceptors (Lipinski definition) is 7. The van der Waals surface area contributed by atoms with Crippen LogP contribution in [0.15, 0.2) is 54.7 Å². The number of hydrogen-bond donors (Lipinski definition) is 0. The van der Waals surface area contributed by atoms with Gasteiger partial charge in [-0.25, -0.2) is 12.8 Å². The molecule has 2 aromatic carbocycles. The molecule has 2 aliphatic heterocycles. The van der Waals surface area contributed by atoms with Crippen LogP contribution in [0.1, 0.15) is 37.9 Å². The van der Waals surface area contributed by atoms with E-state index in [4.69, 9.17) is 9.47 Å². The summed E-state index contributed by atoms with van der Waals surface area (Å²) in [5.41, 5.74) is 3.11. The number of carbonyl (C=O) groups is 1. The molecule has 0 bridgehead atoms. The van der Waals surface area contributed by atoms with Crippen LogP contribution in [-0.4, -0.2) is 76.4 Å². The second-order valence-electron chi connectivity index (χ2n) is 10.8. The number of benzene rings is 2. The van der Waals surface area contributed by atoms with E-state index in [-0.39, 0.29) is 49.3 Å². The summed E-state index contributed by atoms with van der Waals surface area (Å²) in [4.78, 5) is 15.4. The van der Waals surface area contributed by atoms with E-state index >= 15 is 0 Å². The van der Waals surface area contributed by atoms with Gasteiger partial charge in [0.1, 0.15) is 17.6 Å². The van der Waals surface area contributed by atoms with Crippen LogP contribution in [0.25, 0.3) is 11.1 Å². The molecule has 3 heterocycles. The summed E-state index contributed by atoms with van der Waals surface area (Å²) in [5.74, 6) is -0.982. The van der Waals surface area contributed by atoms with Crippen molar-refractivity contribution in [1.82, 2.24) is 24.2 Å². The minimum Gasteiger partial charge on any atom is -0.353 e. The largest absolute Gasteiger partial charge is 0.353 e. The van der Waals surface area contributed by atoms with Crippen molar-refractivity contribution in [1.29, 1.82) is 0 Å². The Morgan fingerprint density at radius 3 is 2.32 bits per heavy atom. The number of nitrogens with zero attached hydrogens (tertiary/aromatic N) is 5. The van der Waals surface area contributed by atoms with Gasteiger partial charge in [0.2, 0.25) is 15.9 Å². The van der Waals surface area contributed by atoms with Gasteiger partial charge in [0, 0.05) is 26.1 Å². The lowest BCUT2D eigenvalue weighted by Gasteiger charge is -2.32. The van der Waals surface area contributed by atoms with Crippen molar-refractivity contribution in [3.63, 3.8) is 0 Å². The summed E-state index contributed by atoms with van der Waals surface area (Å²) in [6.07, 6.45) is 3.05. The van der Waals surface area contributed by atoms with E-state index in [0.29, 0.717) is 31.9 Å². The molecule has 0 aliphatic carbocycles. The molecule has 1 aromatic heterocycles. The molecule has 10 nitrogen and oxygen atoms in total. The molecule has 0 saturated carbocycles. The summed E-state index contributed by atoms with van der Waals surface area (Å²) >= 11 is 0. The minimum atomic E-state index is -3.73. The number of aromatic nitrogens is 3. The molecule has 2 fully saturated rings. The van der Waals surface area contributed by atoms with Crippen LogP contribution in [0.3, 0.4) is 0 Å². The van der Waals surface area contributed by atoms with Gasteiger partial charge in [0.15, 0.2) is 6.29 Å². The predicted molar refractivity (Wildman–Crippen MR) is 150 cm³/mol. The van der Waals surface area contributed by atoms with E-state index in [1.54, 1.807) is 27.9 Å². The number of rotatable bonds is 9. The van der Waals surface area contributed by atoms with Crippen LogP contribution in [-0.2, 0) is 43.9 Å². The standard InChI is InChI=1S/C29H36FN5O5S/c1-21(2)28-29(36)33(19-26-20-34(32-31-26)13-12-27-39-15-3-16-40-27)14-17-41(37,38)35(28)18-22-4-6-23(7-5-22)24-8-10-25(30)11-9-24/h4-11,20-21,27-28H,3,12-19H2,1-2H3. The first kappa shape index (κ1) is 29.3. The molecule has 2 saturated heterocycles. The van der Waals surface area contributed by atoms with Crippen LogP contribution in [0, 0.1) is 11.7 Å². The second kappa shape index (κ2) is 12.8. The summed E-state index contributed by atoms with van der Waals surface area (Å²) in [6.45, 7) is 5.97. The maximum Gasteiger partial charge on any atom is 0.241 e. The van der Waals surface area contributed by atoms with Gasteiger partial charge in [-0.05, 0) is 41.2 Å². The first-order valence-electron chi connectivity index (χ1n) is 13.9. The van der Waals surface area contributed by atoms with Crippen LogP contribution < -0.4 is 0 Å². The third-order valence-corrected chi connectivity index (χ3v) is 9.15. The monoisotopic (exact) mass is 585 g/mol. The molecule has 0 spiro atoms. The number of carbonyl (C=O) groups excluding carboxylic acids is 1. The zero-order valence-corrected chi connectivity index (χ0v) is 24.2. The van der Waals surface area contributed by atoms with Crippen molar-refractivity contribution in [2.24, 2.45) is 5.92 Å². The third kappa shape index (κ3) is 7.18. The Bertz CT molecular complexity index is 1420. The Morgan fingerprint density at radius 1 is 1.00 bits per heavy atom. The van der Waals surface area contributed by atoms with Crippen LogP contribution in [0.4, 0.5) is 4.39 Å². The van der Waals surface area contributed by atoms with Crippen molar-refractivity contribution in [3.05, 3.63) is 71.8 Å². The molecular weight excluding hydrogens is 549 g/mol. The van der Waals surface area contributed by atoms with E-state index in [9.17, 15) is 17.6 Å². The Balaban J connectivity index is 1.28. The Labute approximate surface area is 240 Å². The molecule has 12 heteroatoms. The van der Waals surface area contributed by atoms with Crippen LogP contribution in [0.5, 0.6) is 0 Å². The average molecular weight is 586 g/mol. The summed E-state index contributed by atoms with van der Waals surface area (Å²) in [5, 5.41) is 8.40. The van der Waals surface area contributed by atoms with Crippen molar-refractivity contribution >= 4 is 15.9 Å². The maximum atomic E-state index is 13.8. The fraction of sp³-hybridized carbons (Fsp3) is 0.483.